The van der Waals surface area contributed by atoms with E-state index in [1.54, 1.807) is 6.07 Å². The maximum Gasteiger partial charge on any atom is 0.273 e. The zero-order valence-corrected chi connectivity index (χ0v) is 11.2. The number of anilines is 1. The van der Waals surface area contributed by atoms with Gasteiger partial charge in [-0.3, -0.25) is 14.9 Å². The Morgan fingerprint density at radius 1 is 1.47 bits per heavy atom. The number of rotatable bonds is 4. The lowest BCUT2D eigenvalue weighted by molar-refractivity contribution is 0.101. The van der Waals surface area contributed by atoms with Crippen molar-refractivity contribution in [1.82, 2.24) is 9.97 Å². The van der Waals surface area contributed by atoms with Crippen LogP contribution in [0.15, 0.2) is 17.6 Å². The third-order valence-corrected chi connectivity index (χ3v) is 3.85. The standard InChI is InChI=1S/C13H13N3O2S/c1-7(17)9-4-10(14-5-9)12(18)16-13-15-11(6-19-13)8-2-3-8/h4-6,8,14H,2-3H2,1H3,(H,15,16,18). The third-order valence-electron chi connectivity index (χ3n) is 3.07. The summed E-state index contributed by atoms with van der Waals surface area (Å²) in [5, 5.41) is 5.33. The monoisotopic (exact) mass is 275 g/mol. The van der Waals surface area contributed by atoms with Gasteiger partial charge in [-0.15, -0.1) is 11.3 Å². The number of hydrogen-bond donors (Lipinski definition) is 2. The van der Waals surface area contributed by atoms with Crippen molar-refractivity contribution in [2.45, 2.75) is 25.7 Å². The van der Waals surface area contributed by atoms with E-state index in [4.69, 9.17) is 0 Å². The Bertz CT molecular complexity index is 640. The van der Waals surface area contributed by atoms with Crippen LogP contribution in [0.5, 0.6) is 0 Å². The Morgan fingerprint density at radius 2 is 2.26 bits per heavy atom. The zero-order chi connectivity index (χ0) is 13.4. The first-order valence-corrected chi connectivity index (χ1v) is 6.97. The number of aromatic nitrogens is 2. The van der Waals surface area contributed by atoms with E-state index in [0.29, 0.717) is 22.3 Å². The van der Waals surface area contributed by atoms with Gasteiger partial charge >= 0.3 is 0 Å². The number of hydrogen-bond acceptors (Lipinski definition) is 4. The lowest BCUT2D eigenvalue weighted by Crippen LogP contribution is -2.12. The molecule has 5 nitrogen and oxygen atoms in total. The number of carbonyl (C=O) groups excluding carboxylic acids is 2. The average Bonchev–Trinajstić information content (AvgIpc) is 2.92. The van der Waals surface area contributed by atoms with Crippen LogP contribution in [-0.4, -0.2) is 21.7 Å². The van der Waals surface area contributed by atoms with Gasteiger partial charge in [-0.25, -0.2) is 4.98 Å². The SMILES string of the molecule is CC(=O)c1c[nH]c(C(=O)Nc2nc(C3CC3)cs2)c1. The highest BCUT2D eigenvalue weighted by molar-refractivity contribution is 7.14. The number of amides is 1. The van der Waals surface area contributed by atoms with Crippen molar-refractivity contribution in [3.63, 3.8) is 0 Å². The van der Waals surface area contributed by atoms with Crippen LogP contribution in [0.3, 0.4) is 0 Å². The highest BCUT2D eigenvalue weighted by atomic mass is 32.1. The Balaban J connectivity index is 1.70. The van der Waals surface area contributed by atoms with Gasteiger partial charge in [-0.1, -0.05) is 0 Å². The number of ketones is 1. The molecule has 3 rings (SSSR count). The molecule has 0 saturated heterocycles. The molecule has 1 amide bonds. The number of H-pyrrole nitrogens is 1. The number of nitrogens with zero attached hydrogens (tertiary/aromatic N) is 1. The fraction of sp³-hybridized carbons (Fsp3) is 0.308. The first-order chi connectivity index (χ1) is 9.13. The molecule has 1 aliphatic rings. The Morgan fingerprint density at radius 3 is 2.89 bits per heavy atom. The Hall–Kier alpha value is -1.95. The van der Waals surface area contributed by atoms with Gasteiger partial charge < -0.3 is 4.98 Å². The topological polar surface area (TPSA) is 74.8 Å². The predicted molar refractivity (Wildman–Crippen MR) is 72.8 cm³/mol. The summed E-state index contributed by atoms with van der Waals surface area (Å²) in [4.78, 5) is 30.3. The Labute approximate surface area is 114 Å². The smallest absolute Gasteiger partial charge is 0.273 e. The van der Waals surface area contributed by atoms with Gasteiger partial charge in [0.1, 0.15) is 5.69 Å². The summed E-state index contributed by atoms with van der Waals surface area (Å²) in [6, 6.07) is 1.55. The van der Waals surface area contributed by atoms with E-state index in [-0.39, 0.29) is 11.7 Å². The van der Waals surface area contributed by atoms with E-state index in [0.717, 1.165) is 5.69 Å². The van der Waals surface area contributed by atoms with Gasteiger partial charge in [0.05, 0.1) is 5.69 Å². The zero-order valence-electron chi connectivity index (χ0n) is 10.4. The van der Waals surface area contributed by atoms with E-state index in [1.165, 1.54) is 37.3 Å². The van der Waals surface area contributed by atoms with Crippen molar-refractivity contribution < 1.29 is 9.59 Å². The molecule has 6 heteroatoms. The molecule has 2 heterocycles. The molecule has 0 spiro atoms. The van der Waals surface area contributed by atoms with Gasteiger partial charge in [0.25, 0.3) is 5.91 Å². The molecule has 1 saturated carbocycles. The molecule has 0 bridgehead atoms. The van der Waals surface area contributed by atoms with Crippen LogP contribution in [0, 0.1) is 0 Å². The molecular weight excluding hydrogens is 262 g/mol. The largest absolute Gasteiger partial charge is 0.356 e. The number of Topliss-reactive ketones (excluding diaryl/α,β-unsaturated/α-hetero) is 1. The minimum atomic E-state index is -0.274. The molecule has 2 N–H and O–H groups in total. The van der Waals surface area contributed by atoms with E-state index in [9.17, 15) is 9.59 Å². The fourth-order valence-corrected chi connectivity index (χ4v) is 2.59. The number of carbonyl (C=O) groups is 2. The van der Waals surface area contributed by atoms with E-state index in [1.807, 2.05) is 5.38 Å². The number of nitrogens with one attached hydrogen (secondary N) is 2. The lowest BCUT2D eigenvalue weighted by Gasteiger charge is -1.98. The summed E-state index contributed by atoms with van der Waals surface area (Å²) in [5.41, 5.74) is 1.94. The highest BCUT2D eigenvalue weighted by Crippen LogP contribution is 2.40. The van der Waals surface area contributed by atoms with Crippen LogP contribution in [0.2, 0.25) is 0 Å². The molecule has 2 aromatic rings. The summed E-state index contributed by atoms with van der Waals surface area (Å²) in [5.74, 6) is 0.237. The number of thiazole rings is 1. The second-order valence-corrected chi connectivity index (χ2v) is 5.52. The molecule has 98 valence electrons. The molecule has 0 unspecified atom stereocenters. The minimum absolute atomic E-state index is 0.0689. The first kappa shape index (κ1) is 12.1. The molecule has 0 aromatic carbocycles. The van der Waals surface area contributed by atoms with Crippen LogP contribution in [0.1, 0.15) is 52.2 Å². The maximum atomic E-state index is 12.0. The van der Waals surface area contributed by atoms with Crippen LogP contribution in [0.25, 0.3) is 0 Å². The summed E-state index contributed by atoms with van der Waals surface area (Å²) in [7, 11) is 0. The van der Waals surface area contributed by atoms with Crippen molar-refractivity contribution in [2.24, 2.45) is 0 Å². The van der Waals surface area contributed by atoms with Gasteiger partial charge in [0, 0.05) is 23.1 Å². The molecule has 1 fully saturated rings. The van der Waals surface area contributed by atoms with Gasteiger partial charge in [-0.05, 0) is 25.8 Å². The average molecular weight is 275 g/mol. The predicted octanol–water partition coefficient (Wildman–Crippen LogP) is 2.80. The van der Waals surface area contributed by atoms with Crippen molar-refractivity contribution >= 4 is 28.2 Å². The van der Waals surface area contributed by atoms with Crippen molar-refractivity contribution in [3.8, 4) is 0 Å². The second kappa shape index (κ2) is 4.62. The van der Waals surface area contributed by atoms with Gasteiger partial charge in [-0.2, -0.15) is 0 Å². The molecule has 0 aliphatic heterocycles. The minimum Gasteiger partial charge on any atom is -0.356 e. The molecule has 1 aliphatic carbocycles. The van der Waals surface area contributed by atoms with Crippen LogP contribution >= 0.6 is 11.3 Å². The third kappa shape index (κ3) is 2.58. The molecule has 0 radical (unpaired) electrons. The summed E-state index contributed by atoms with van der Waals surface area (Å²) >= 11 is 1.43. The van der Waals surface area contributed by atoms with Crippen LogP contribution < -0.4 is 5.32 Å². The quantitative estimate of drug-likeness (QED) is 0.842. The van der Waals surface area contributed by atoms with Crippen LogP contribution in [-0.2, 0) is 0 Å². The van der Waals surface area contributed by atoms with E-state index < -0.39 is 0 Å². The van der Waals surface area contributed by atoms with Crippen molar-refractivity contribution in [1.29, 1.82) is 0 Å². The van der Waals surface area contributed by atoms with Crippen LogP contribution in [0.4, 0.5) is 5.13 Å². The van der Waals surface area contributed by atoms with E-state index >= 15 is 0 Å². The van der Waals surface area contributed by atoms with Crippen molar-refractivity contribution in [2.75, 3.05) is 5.32 Å². The second-order valence-electron chi connectivity index (χ2n) is 4.66. The fourth-order valence-electron chi connectivity index (χ4n) is 1.80. The van der Waals surface area contributed by atoms with Gasteiger partial charge in [0.2, 0.25) is 0 Å². The normalized spacial score (nSPS) is 14.4. The molecule has 2 aromatic heterocycles. The van der Waals surface area contributed by atoms with Crippen molar-refractivity contribution in [3.05, 3.63) is 34.6 Å². The highest BCUT2D eigenvalue weighted by Gasteiger charge is 2.26. The summed E-state index contributed by atoms with van der Waals surface area (Å²) in [6.45, 7) is 1.47. The summed E-state index contributed by atoms with van der Waals surface area (Å²) in [6.07, 6.45) is 3.92. The number of aromatic amines is 1. The maximum absolute atomic E-state index is 12.0. The first-order valence-electron chi connectivity index (χ1n) is 6.09. The van der Waals surface area contributed by atoms with Gasteiger partial charge in [0.15, 0.2) is 10.9 Å². The van der Waals surface area contributed by atoms with E-state index in [2.05, 4.69) is 15.3 Å². The summed E-state index contributed by atoms with van der Waals surface area (Å²) < 4.78 is 0. The molecular formula is C13H13N3O2S. The lowest BCUT2D eigenvalue weighted by atomic mass is 10.2. The molecule has 19 heavy (non-hydrogen) atoms. The molecule has 0 atom stereocenters. The Kier molecular flexibility index (Phi) is 2.94.